The summed E-state index contributed by atoms with van der Waals surface area (Å²) >= 11 is 0. The maximum absolute atomic E-state index is 11.1. The Morgan fingerprint density at radius 3 is 2.21 bits per heavy atom. The van der Waals surface area contributed by atoms with Crippen LogP contribution in [0, 0.1) is 0 Å². The molecule has 5 nitrogen and oxygen atoms in total. The number of carbonyl (C=O) groups excluding carboxylic acids is 1. The standard InChI is InChI=1S/C9H18N2O3/c1-9(2,8(13)14)10-6-5-7(12)11(3)4/h10H,5-6H2,1-4H3,(H,13,14). The molecule has 5 heteroatoms. The SMILES string of the molecule is CN(C)C(=O)CCNC(C)(C)C(=O)O. The number of amides is 1. The van der Waals surface area contributed by atoms with E-state index in [9.17, 15) is 9.59 Å². The highest BCUT2D eigenvalue weighted by Crippen LogP contribution is 2.01. The van der Waals surface area contributed by atoms with Gasteiger partial charge in [-0.1, -0.05) is 0 Å². The second kappa shape index (κ2) is 4.95. The fourth-order valence-electron chi connectivity index (χ4n) is 0.781. The molecule has 0 bridgehead atoms. The largest absolute Gasteiger partial charge is 0.480 e. The normalized spacial score (nSPS) is 11.1. The molecule has 0 aliphatic rings. The summed E-state index contributed by atoms with van der Waals surface area (Å²) in [6.07, 6.45) is 0.309. The van der Waals surface area contributed by atoms with Crippen molar-refractivity contribution in [3.63, 3.8) is 0 Å². The van der Waals surface area contributed by atoms with E-state index >= 15 is 0 Å². The van der Waals surface area contributed by atoms with Crippen molar-refractivity contribution in [2.45, 2.75) is 25.8 Å². The third kappa shape index (κ3) is 4.23. The van der Waals surface area contributed by atoms with Crippen molar-refractivity contribution in [1.29, 1.82) is 0 Å². The minimum atomic E-state index is -0.980. The van der Waals surface area contributed by atoms with Crippen molar-refractivity contribution < 1.29 is 14.7 Å². The molecule has 0 saturated heterocycles. The van der Waals surface area contributed by atoms with E-state index in [0.717, 1.165) is 0 Å². The molecule has 14 heavy (non-hydrogen) atoms. The zero-order chi connectivity index (χ0) is 11.4. The van der Waals surface area contributed by atoms with E-state index in [4.69, 9.17) is 5.11 Å². The molecule has 0 unspecified atom stereocenters. The summed E-state index contributed by atoms with van der Waals surface area (Å²) in [6, 6.07) is 0. The van der Waals surface area contributed by atoms with Gasteiger partial charge in [0.2, 0.25) is 5.91 Å². The van der Waals surface area contributed by atoms with Crippen molar-refractivity contribution in [2.24, 2.45) is 0 Å². The average Bonchev–Trinajstić information content (AvgIpc) is 2.03. The summed E-state index contributed by atoms with van der Waals surface area (Å²) in [5, 5.41) is 11.6. The van der Waals surface area contributed by atoms with Crippen LogP contribution in [0.3, 0.4) is 0 Å². The molecule has 0 aromatic rings. The van der Waals surface area contributed by atoms with Crippen molar-refractivity contribution in [3.05, 3.63) is 0 Å². The third-order valence-electron chi connectivity index (χ3n) is 1.94. The van der Waals surface area contributed by atoms with Gasteiger partial charge < -0.3 is 15.3 Å². The Bertz CT molecular complexity index is 224. The minimum Gasteiger partial charge on any atom is -0.480 e. The summed E-state index contributed by atoms with van der Waals surface area (Å²) in [4.78, 5) is 23.3. The van der Waals surface area contributed by atoms with Crippen LogP contribution in [0.25, 0.3) is 0 Å². The lowest BCUT2D eigenvalue weighted by molar-refractivity contribution is -0.143. The maximum atomic E-state index is 11.1. The number of nitrogens with zero attached hydrogens (tertiary/aromatic N) is 1. The van der Waals surface area contributed by atoms with Crippen LogP contribution in [0.4, 0.5) is 0 Å². The maximum Gasteiger partial charge on any atom is 0.323 e. The third-order valence-corrected chi connectivity index (χ3v) is 1.94. The quantitative estimate of drug-likeness (QED) is 0.654. The van der Waals surface area contributed by atoms with E-state index in [-0.39, 0.29) is 5.91 Å². The summed E-state index contributed by atoms with van der Waals surface area (Å²) in [5.74, 6) is -0.937. The van der Waals surface area contributed by atoms with Gasteiger partial charge in [-0.25, -0.2) is 0 Å². The number of aliphatic carboxylic acids is 1. The van der Waals surface area contributed by atoms with E-state index in [1.807, 2.05) is 0 Å². The molecule has 2 N–H and O–H groups in total. The summed E-state index contributed by atoms with van der Waals surface area (Å²) in [7, 11) is 3.34. The summed E-state index contributed by atoms with van der Waals surface area (Å²) < 4.78 is 0. The van der Waals surface area contributed by atoms with Gasteiger partial charge in [-0.3, -0.25) is 9.59 Å². The van der Waals surface area contributed by atoms with E-state index < -0.39 is 11.5 Å². The van der Waals surface area contributed by atoms with E-state index in [2.05, 4.69) is 5.32 Å². The number of rotatable bonds is 5. The molecule has 0 aromatic carbocycles. The smallest absolute Gasteiger partial charge is 0.323 e. The average molecular weight is 202 g/mol. The lowest BCUT2D eigenvalue weighted by atomic mass is 10.1. The van der Waals surface area contributed by atoms with Crippen LogP contribution in [-0.4, -0.2) is 48.1 Å². The summed E-state index contributed by atoms with van der Waals surface area (Å²) in [5.41, 5.74) is -0.980. The van der Waals surface area contributed by atoms with Crippen LogP contribution >= 0.6 is 0 Å². The van der Waals surface area contributed by atoms with Gasteiger partial charge in [-0.2, -0.15) is 0 Å². The highest BCUT2D eigenvalue weighted by atomic mass is 16.4. The monoisotopic (exact) mass is 202 g/mol. The lowest BCUT2D eigenvalue weighted by Gasteiger charge is -2.21. The summed E-state index contributed by atoms with van der Waals surface area (Å²) in [6.45, 7) is 3.50. The highest BCUT2D eigenvalue weighted by molar-refractivity contribution is 5.78. The van der Waals surface area contributed by atoms with Crippen LogP contribution in [0.1, 0.15) is 20.3 Å². The van der Waals surface area contributed by atoms with E-state index in [1.54, 1.807) is 27.9 Å². The van der Waals surface area contributed by atoms with Gasteiger partial charge in [-0.15, -0.1) is 0 Å². The van der Waals surface area contributed by atoms with Gasteiger partial charge in [-0.05, 0) is 13.8 Å². The number of carboxylic acid groups (broad SMARTS) is 1. The highest BCUT2D eigenvalue weighted by Gasteiger charge is 2.25. The number of hydrogen-bond acceptors (Lipinski definition) is 3. The van der Waals surface area contributed by atoms with Gasteiger partial charge in [0.1, 0.15) is 5.54 Å². The molecule has 0 rings (SSSR count). The minimum absolute atomic E-state index is 0.0151. The molecule has 0 atom stereocenters. The van der Waals surface area contributed by atoms with Gasteiger partial charge in [0, 0.05) is 27.1 Å². The first-order valence-corrected chi connectivity index (χ1v) is 4.46. The Hall–Kier alpha value is -1.10. The first-order valence-electron chi connectivity index (χ1n) is 4.46. The lowest BCUT2D eigenvalue weighted by Crippen LogP contribution is -2.47. The Balaban J connectivity index is 3.85. The first-order chi connectivity index (χ1) is 6.27. The Morgan fingerprint density at radius 1 is 1.36 bits per heavy atom. The predicted octanol–water partition coefficient (Wildman–Crippen LogP) is -0.0825. The molecule has 0 fully saturated rings. The van der Waals surface area contributed by atoms with Crippen molar-refractivity contribution in [1.82, 2.24) is 10.2 Å². The van der Waals surface area contributed by atoms with Crippen LogP contribution in [-0.2, 0) is 9.59 Å². The van der Waals surface area contributed by atoms with Gasteiger partial charge >= 0.3 is 5.97 Å². The topological polar surface area (TPSA) is 69.6 Å². The van der Waals surface area contributed by atoms with Crippen LogP contribution in [0.5, 0.6) is 0 Å². The van der Waals surface area contributed by atoms with E-state index in [0.29, 0.717) is 13.0 Å². The fourth-order valence-corrected chi connectivity index (χ4v) is 0.781. The molecule has 0 aromatic heterocycles. The van der Waals surface area contributed by atoms with E-state index in [1.165, 1.54) is 4.90 Å². The van der Waals surface area contributed by atoms with Gasteiger partial charge in [0.05, 0.1) is 0 Å². The Morgan fingerprint density at radius 2 is 1.86 bits per heavy atom. The molecule has 0 heterocycles. The van der Waals surface area contributed by atoms with Crippen LogP contribution in [0.2, 0.25) is 0 Å². The number of nitrogens with one attached hydrogen (secondary N) is 1. The van der Waals surface area contributed by atoms with Gasteiger partial charge in [0.15, 0.2) is 0 Å². The predicted molar refractivity (Wildman–Crippen MR) is 53.0 cm³/mol. The Kier molecular flexibility index (Phi) is 4.56. The van der Waals surface area contributed by atoms with Crippen molar-refractivity contribution in [3.8, 4) is 0 Å². The second-order valence-electron chi connectivity index (χ2n) is 3.90. The molecule has 0 aliphatic carbocycles. The van der Waals surface area contributed by atoms with Crippen LogP contribution < -0.4 is 5.32 Å². The molecular weight excluding hydrogens is 184 g/mol. The molecule has 82 valence electrons. The number of hydrogen-bond donors (Lipinski definition) is 2. The molecule has 0 radical (unpaired) electrons. The number of carboxylic acids is 1. The molecule has 0 saturated carbocycles. The molecule has 0 spiro atoms. The zero-order valence-electron chi connectivity index (χ0n) is 9.13. The second-order valence-corrected chi connectivity index (χ2v) is 3.90. The van der Waals surface area contributed by atoms with Gasteiger partial charge in [0.25, 0.3) is 0 Å². The molecule has 0 aliphatic heterocycles. The van der Waals surface area contributed by atoms with Crippen molar-refractivity contribution in [2.75, 3.05) is 20.6 Å². The zero-order valence-corrected chi connectivity index (χ0v) is 9.13. The van der Waals surface area contributed by atoms with Crippen molar-refractivity contribution >= 4 is 11.9 Å². The number of carbonyl (C=O) groups is 2. The molecular formula is C9H18N2O3. The first kappa shape index (κ1) is 12.9. The fraction of sp³-hybridized carbons (Fsp3) is 0.778. The Labute approximate surface area is 84.1 Å². The molecule has 1 amide bonds. The van der Waals surface area contributed by atoms with Crippen LogP contribution in [0.15, 0.2) is 0 Å².